The summed E-state index contributed by atoms with van der Waals surface area (Å²) in [5.74, 6) is -0.777. The average Bonchev–Trinajstić information content (AvgIpc) is 2.40. The molecule has 0 aliphatic heterocycles. The van der Waals surface area contributed by atoms with Crippen molar-refractivity contribution >= 4 is 21.9 Å². The molecule has 0 bridgehead atoms. The Balaban J connectivity index is 1.85. The van der Waals surface area contributed by atoms with Gasteiger partial charge in [-0.1, -0.05) is 28.1 Å². The molecule has 1 aromatic carbocycles. The van der Waals surface area contributed by atoms with Gasteiger partial charge in [-0.15, -0.1) is 0 Å². The van der Waals surface area contributed by atoms with Gasteiger partial charge in [-0.3, -0.25) is 4.79 Å². The van der Waals surface area contributed by atoms with Crippen molar-refractivity contribution in [3.63, 3.8) is 0 Å². The Bertz CT molecular complexity index is 424. The van der Waals surface area contributed by atoms with Gasteiger partial charge in [0.25, 0.3) is 0 Å². The summed E-state index contributed by atoms with van der Waals surface area (Å²) in [4.78, 5) is 10.9. The second-order valence-corrected chi connectivity index (χ2v) is 6.24. The van der Waals surface area contributed by atoms with Crippen molar-refractivity contribution in [3.8, 4) is 0 Å². The van der Waals surface area contributed by atoms with Crippen LogP contribution in [0.1, 0.15) is 44.2 Å². The van der Waals surface area contributed by atoms with Gasteiger partial charge in [-0.2, -0.15) is 0 Å². The Morgan fingerprint density at radius 1 is 1.26 bits per heavy atom. The van der Waals surface area contributed by atoms with E-state index in [0.29, 0.717) is 12.1 Å². The Kier molecular flexibility index (Phi) is 4.99. The lowest BCUT2D eigenvalue weighted by atomic mass is 9.85. The quantitative estimate of drug-likeness (QED) is 0.886. The number of rotatable bonds is 4. The third-order valence-corrected chi connectivity index (χ3v) is 4.46. The number of carbonyl (C=O) groups is 1. The number of aliphatic carboxylic acids is 1. The van der Waals surface area contributed by atoms with E-state index in [9.17, 15) is 4.79 Å². The molecule has 0 amide bonds. The van der Waals surface area contributed by atoms with E-state index in [0.717, 1.165) is 30.2 Å². The largest absolute Gasteiger partial charge is 0.481 e. The molecule has 1 fully saturated rings. The number of carboxylic acid groups (broad SMARTS) is 1. The lowest BCUT2D eigenvalue weighted by molar-refractivity contribution is -0.142. The fourth-order valence-electron chi connectivity index (χ4n) is 2.71. The molecule has 2 rings (SSSR count). The topological polar surface area (TPSA) is 49.3 Å². The summed E-state index contributed by atoms with van der Waals surface area (Å²) in [5.41, 5.74) is 1.27. The van der Waals surface area contributed by atoms with Crippen LogP contribution in [0.25, 0.3) is 0 Å². The molecule has 0 unspecified atom stereocenters. The lowest BCUT2D eigenvalue weighted by Gasteiger charge is -2.29. The van der Waals surface area contributed by atoms with Crippen molar-refractivity contribution < 1.29 is 9.90 Å². The zero-order valence-electron chi connectivity index (χ0n) is 11.1. The van der Waals surface area contributed by atoms with Gasteiger partial charge in [0, 0.05) is 16.6 Å². The highest BCUT2D eigenvalue weighted by molar-refractivity contribution is 9.10. The Morgan fingerprint density at radius 2 is 1.84 bits per heavy atom. The van der Waals surface area contributed by atoms with Crippen LogP contribution in [-0.4, -0.2) is 17.1 Å². The first-order valence-corrected chi connectivity index (χ1v) is 7.60. The molecule has 104 valence electrons. The second kappa shape index (κ2) is 6.53. The molecule has 1 atom stereocenters. The predicted octanol–water partition coefficient (Wildman–Crippen LogP) is 3.74. The minimum Gasteiger partial charge on any atom is -0.481 e. The van der Waals surface area contributed by atoms with Gasteiger partial charge in [0.15, 0.2) is 0 Å². The second-order valence-electron chi connectivity index (χ2n) is 5.33. The molecule has 19 heavy (non-hydrogen) atoms. The van der Waals surface area contributed by atoms with Gasteiger partial charge in [-0.05, 0) is 50.3 Å². The van der Waals surface area contributed by atoms with E-state index in [1.807, 2.05) is 0 Å². The smallest absolute Gasteiger partial charge is 0.306 e. The van der Waals surface area contributed by atoms with E-state index in [2.05, 4.69) is 52.4 Å². The van der Waals surface area contributed by atoms with Crippen LogP contribution in [0, 0.1) is 5.92 Å². The molecule has 0 heterocycles. The maximum Gasteiger partial charge on any atom is 0.306 e. The summed E-state index contributed by atoms with van der Waals surface area (Å²) in [6.45, 7) is 2.16. The van der Waals surface area contributed by atoms with Crippen LogP contribution in [0.5, 0.6) is 0 Å². The van der Waals surface area contributed by atoms with Gasteiger partial charge < -0.3 is 10.4 Å². The highest BCUT2D eigenvalue weighted by Gasteiger charge is 2.26. The third kappa shape index (κ3) is 4.05. The number of halogens is 1. The molecule has 0 spiro atoms. The van der Waals surface area contributed by atoms with Crippen LogP contribution in [0.2, 0.25) is 0 Å². The SMILES string of the molecule is C[C@H](NC1CCC(C(=O)O)CC1)c1ccc(Br)cc1. The first-order valence-electron chi connectivity index (χ1n) is 6.80. The van der Waals surface area contributed by atoms with E-state index in [1.54, 1.807) is 0 Å². The van der Waals surface area contributed by atoms with E-state index >= 15 is 0 Å². The van der Waals surface area contributed by atoms with Crippen molar-refractivity contribution in [2.75, 3.05) is 0 Å². The summed E-state index contributed by atoms with van der Waals surface area (Å²) < 4.78 is 1.09. The number of hydrogen-bond donors (Lipinski definition) is 2. The van der Waals surface area contributed by atoms with Gasteiger partial charge in [0.2, 0.25) is 0 Å². The zero-order chi connectivity index (χ0) is 13.8. The maximum atomic E-state index is 10.9. The van der Waals surface area contributed by atoms with Crippen molar-refractivity contribution in [1.82, 2.24) is 5.32 Å². The van der Waals surface area contributed by atoms with Crippen LogP contribution >= 0.6 is 15.9 Å². The van der Waals surface area contributed by atoms with Gasteiger partial charge in [-0.25, -0.2) is 0 Å². The number of carboxylic acids is 1. The first-order chi connectivity index (χ1) is 9.06. The monoisotopic (exact) mass is 325 g/mol. The third-order valence-electron chi connectivity index (χ3n) is 3.93. The van der Waals surface area contributed by atoms with Crippen molar-refractivity contribution in [1.29, 1.82) is 0 Å². The highest BCUT2D eigenvalue weighted by atomic mass is 79.9. The van der Waals surface area contributed by atoms with Crippen LogP contribution in [0.4, 0.5) is 0 Å². The van der Waals surface area contributed by atoms with E-state index in [-0.39, 0.29) is 5.92 Å². The fourth-order valence-corrected chi connectivity index (χ4v) is 2.97. The van der Waals surface area contributed by atoms with Crippen molar-refractivity contribution in [3.05, 3.63) is 34.3 Å². The summed E-state index contributed by atoms with van der Waals surface area (Å²) in [6.07, 6.45) is 3.50. The van der Waals surface area contributed by atoms with E-state index < -0.39 is 5.97 Å². The van der Waals surface area contributed by atoms with E-state index in [1.165, 1.54) is 5.56 Å². The summed E-state index contributed by atoms with van der Waals surface area (Å²) in [7, 11) is 0. The van der Waals surface area contributed by atoms with Crippen molar-refractivity contribution in [2.24, 2.45) is 5.92 Å². The predicted molar refractivity (Wildman–Crippen MR) is 79.1 cm³/mol. The fraction of sp³-hybridized carbons (Fsp3) is 0.533. The highest BCUT2D eigenvalue weighted by Crippen LogP contribution is 2.26. The molecular weight excluding hydrogens is 306 g/mol. The number of benzene rings is 1. The summed E-state index contributed by atoms with van der Waals surface area (Å²) >= 11 is 3.44. The minimum absolute atomic E-state index is 0.138. The van der Waals surface area contributed by atoms with Gasteiger partial charge in [0.1, 0.15) is 0 Å². The van der Waals surface area contributed by atoms with Crippen molar-refractivity contribution in [2.45, 2.75) is 44.7 Å². The molecule has 1 saturated carbocycles. The van der Waals surface area contributed by atoms with Crippen LogP contribution in [0.3, 0.4) is 0 Å². The van der Waals surface area contributed by atoms with Gasteiger partial charge >= 0.3 is 5.97 Å². The normalized spacial score (nSPS) is 24.9. The maximum absolute atomic E-state index is 10.9. The molecular formula is C15H20BrNO2. The zero-order valence-corrected chi connectivity index (χ0v) is 12.7. The molecule has 0 radical (unpaired) electrons. The molecule has 1 aromatic rings. The van der Waals surface area contributed by atoms with Gasteiger partial charge in [0.05, 0.1) is 5.92 Å². The average molecular weight is 326 g/mol. The first kappa shape index (κ1) is 14.5. The Morgan fingerprint density at radius 3 is 2.37 bits per heavy atom. The molecule has 1 aliphatic carbocycles. The van der Waals surface area contributed by atoms with Crippen LogP contribution < -0.4 is 5.32 Å². The molecule has 0 aromatic heterocycles. The molecule has 4 heteroatoms. The summed E-state index contributed by atoms with van der Waals surface area (Å²) in [5, 5.41) is 12.6. The Labute approximate surface area is 122 Å². The number of nitrogens with one attached hydrogen (secondary N) is 1. The van der Waals surface area contributed by atoms with E-state index in [4.69, 9.17) is 5.11 Å². The van der Waals surface area contributed by atoms with Crippen LogP contribution in [0.15, 0.2) is 28.7 Å². The molecule has 1 aliphatic rings. The Hall–Kier alpha value is -0.870. The minimum atomic E-state index is -0.639. The molecule has 0 saturated heterocycles. The summed E-state index contributed by atoms with van der Waals surface area (Å²) in [6, 6.07) is 9.08. The standard InChI is InChI=1S/C15H20BrNO2/c1-10(11-2-6-13(16)7-3-11)17-14-8-4-12(5-9-14)15(18)19/h2-3,6-7,10,12,14,17H,4-5,8-9H2,1H3,(H,18,19)/t10-,12?,14?/m0/s1. The molecule has 2 N–H and O–H groups in total. The molecule has 3 nitrogen and oxygen atoms in total. The lowest BCUT2D eigenvalue weighted by Crippen LogP contribution is -2.36. The number of hydrogen-bond acceptors (Lipinski definition) is 2. The van der Waals surface area contributed by atoms with Crippen LogP contribution in [-0.2, 0) is 4.79 Å².